The molecule has 0 radical (unpaired) electrons. The molecule has 1 aliphatic rings. The molecule has 1 unspecified atom stereocenters. The summed E-state index contributed by atoms with van der Waals surface area (Å²) in [5.41, 5.74) is 0. The molecule has 25 heavy (non-hydrogen) atoms. The molecule has 3 heterocycles. The topological polar surface area (TPSA) is 88.6 Å². The van der Waals surface area contributed by atoms with Crippen LogP contribution in [-0.2, 0) is 0 Å². The summed E-state index contributed by atoms with van der Waals surface area (Å²) < 4.78 is 4.97. The first-order valence-electron chi connectivity index (χ1n) is 8.34. The zero-order valence-electron chi connectivity index (χ0n) is 14.0. The number of carbonyl (C=O) groups is 1. The third-order valence-electron chi connectivity index (χ3n) is 4.58. The molecule has 1 N–H and O–H groups in total. The van der Waals surface area contributed by atoms with Crippen LogP contribution >= 0.6 is 11.3 Å². The quantitative estimate of drug-likeness (QED) is 0.627. The van der Waals surface area contributed by atoms with Gasteiger partial charge in [-0.25, -0.2) is 0 Å². The molecule has 0 aliphatic carbocycles. The molecule has 0 spiro atoms. The molecule has 0 aromatic carbocycles. The van der Waals surface area contributed by atoms with E-state index in [1.165, 1.54) is 17.0 Å². The van der Waals surface area contributed by atoms with Gasteiger partial charge in [0.1, 0.15) is 4.92 Å². The van der Waals surface area contributed by atoms with E-state index < -0.39 is 16.7 Å². The van der Waals surface area contributed by atoms with Crippen LogP contribution in [0.1, 0.15) is 41.2 Å². The molecule has 134 valence electrons. The van der Waals surface area contributed by atoms with Crippen LogP contribution in [0.2, 0.25) is 0 Å². The van der Waals surface area contributed by atoms with Crippen LogP contribution < -0.4 is 5.32 Å². The number of hydrogen-bond donors (Lipinski definition) is 1. The van der Waals surface area contributed by atoms with E-state index in [-0.39, 0.29) is 11.8 Å². The van der Waals surface area contributed by atoms with E-state index >= 15 is 0 Å². The first-order chi connectivity index (χ1) is 12.0. The lowest BCUT2D eigenvalue weighted by atomic mass is 9.97. The maximum atomic E-state index is 12.2. The summed E-state index contributed by atoms with van der Waals surface area (Å²) in [5.74, 6) is -0.160. The van der Waals surface area contributed by atoms with Gasteiger partial charge in [0.15, 0.2) is 5.76 Å². The molecule has 1 amide bonds. The number of furan rings is 1. The van der Waals surface area contributed by atoms with Crippen LogP contribution in [0.25, 0.3) is 0 Å². The van der Waals surface area contributed by atoms with Crippen molar-refractivity contribution in [2.75, 3.05) is 19.6 Å². The van der Waals surface area contributed by atoms with E-state index in [0.717, 1.165) is 31.8 Å². The van der Waals surface area contributed by atoms with E-state index in [0.29, 0.717) is 6.54 Å². The van der Waals surface area contributed by atoms with Gasteiger partial charge in [-0.15, -0.1) is 11.3 Å². The number of carbonyl (C=O) groups excluding carboxylic acids is 1. The van der Waals surface area contributed by atoms with Gasteiger partial charge in [-0.05, 0) is 49.4 Å². The van der Waals surface area contributed by atoms with Gasteiger partial charge in [0.05, 0.1) is 12.1 Å². The molecule has 0 saturated carbocycles. The van der Waals surface area contributed by atoms with Crippen molar-refractivity contribution in [1.29, 1.82) is 0 Å². The normalized spacial score (nSPS) is 17.3. The minimum Gasteiger partial charge on any atom is -0.395 e. The van der Waals surface area contributed by atoms with Gasteiger partial charge in [0, 0.05) is 11.4 Å². The van der Waals surface area contributed by atoms with Crippen molar-refractivity contribution in [2.24, 2.45) is 5.92 Å². The largest absolute Gasteiger partial charge is 0.433 e. The Balaban J connectivity index is 1.66. The van der Waals surface area contributed by atoms with Crippen molar-refractivity contribution in [1.82, 2.24) is 10.2 Å². The lowest BCUT2D eigenvalue weighted by Crippen LogP contribution is -2.41. The molecular weight excluding hydrogens is 342 g/mol. The van der Waals surface area contributed by atoms with Crippen LogP contribution in [0.4, 0.5) is 5.88 Å². The molecule has 0 bridgehead atoms. The average molecular weight is 363 g/mol. The highest BCUT2D eigenvalue weighted by molar-refractivity contribution is 7.10. The summed E-state index contributed by atoms with van der Waals surface area (Å²) in [5, 5.41) is 15.6. The van der Waals surface area contributed by atoms with Crippen LogP contribution in [0.15, 0.2) is 34.1 Å². The Hall–Kier alpha value is -2.19. The maximum absolute atomic E-state index is 12.2. The Morgan fingerprint density at radius 1 is 1.44 bits per heavy atom. The molecular formula is C17H21N3O4S. The zero-order chi connectivity index (χ0) is 17.8. The number of thiophene rings is 1. The number of nitrogens with one attached hydrogen (secondary N) is 1. The fourth-order valence-electron chi connectivity index (χ4n) is 3.06. The second kappa shape index (κ2) is 7.79. The Kier molecular flexibility index (Phi) is 5.50. The predicted molar refractivity (Wildman–Crippen MR) is 94.7 cm³/mol. The van der Waals surface area contributed by atoms with E-state index in [4.69, 9.17) is 4.42 Å². The lowest BCUT2D eigenvalue weighted by Gasteiger charge is -2.36. The molecule has 3 rings (SSSR count). The Labute approximate surface area is 149 Å². The van der Waals surface area contributed by atoms with Crippen molar-refractivity contribution in [2.45, 2.75) is 25.8 Å². The monoisotopic (exact) mass is 363 g/mol. The smallest absolute Gasteiger partial charge is 0.395 e. The maximum Gasteiger partial charge on any atom is 0.433 e. The molecule has 1 atom stereocenters. The number of piperidine rings is 1. The molecule has 2 aromatic rings. The number of rotatable bonds is 6. The number of nitro groups is 1. The van der Waals surface area contributed by atoms with Gasteiger partial charge in [0.2, 0.25) is 0 Å². The van der Waals surface area contributed by atoms with E-state index in [9.17, 15) is 14.9 Å². The highest BCUT2D eigenvalue weighted by atomic mass is 32.1. The molecule has 1 fully saturated rings. The van der Waals surface area contributed by atoms with Crippen LogP contribution in [0, 0.1) is 16.0 Å². The average Bonchev–Trinajstić information content (AvgIpc) is 3.28. The van der Waals surface area contributed by atoms with Crippen molar-refractivity contribution in [3.8, 4) is 0 Å². The zero-order valence-corrected chi connectivity index (χ0v) is 14.8. The van der Waals surface area contributed by atoms with Gasteiger partial charge in [0.25, 0.3) is 5.91 Å². The predicted octanol–water partition coefficient (Wildman–Crippen LogP) is 3.45. The van der Waals surface area contributed by atoms with Gasteiger partial charge < -0.3 is 9.73 Å². The molecule has 2 aromatic heterocycles. The van der Waals surface area contributed by atoms with Crippen molar-refractivity contribution in [3.05, 3.63) is 50.4 Å². The third-order valence-corrected chi connectivity index (χ3v) is 5.56. The highest BCUT2D eigenvalue weighted by Gasteiger charge is 2.26. The number of amides is 1. The standard InChI is InChI=1S/C17H21N3O4S/c1-12-6-8-19(9-7-12)13(15-3-2-10-25-15)11-18-17(21)14-4-5-16(24-14)20(22)23/h2-5,10,12-13H,6-9,11H2,1H3,(H,18,21). The first-order valence-corrected chi connectivity index (χ1v) is 9.22. The van der Waals surface area contributed by atoms with Crippen molar-refractivity contribution >= 4 is 23.1 Å². The SMILES string of the molecule is CC1CCN(C(CNC(=O)c2ccc([N+](=O)[O-])o2)c2cccs2)CC1. The highest BCUT2D eigenvalue weighted by Crippen LogP contribution is 2.29. The van der Waals surface area contributed by atoms with Gasteiger partial charge in [-0.2, -0.15) is 0 Å². The van der Waals surface area contributed by atoms with Crippen LogP contribution in [0.5, 0.6) is 0 Å². The summed E-state index contributed by atoms with van der Waals surface area (Å²) >= 11 is 1.68. The molecule has 8 heteroatoms. The number of nitrogens with zero attached hydrogens (tertiary/aromatic N) is 2. The van der Waals surface area contributed by atoms with E-state index in [2.05, 4.69) is 23.2 Å². The Morgan fingerprint density at radius 3 is 2.80 bits per heavy atom. The van der Waals surface area contributed by atoms with Crippen LogP contribution in [-0.4, -0.2) is 35.4 Å². The van der Waals surface area contributed by atoms with Crippen molar-refractivity contribution in [3.63, 3.8) is 0 Å². The van der Waals surface area contributed by atoms with Gasteiger partial charge >= 0.3 is 5.88 Å². The number of hydrogen-bond acceptors (Lipinski definition) is 6. The molecule has 7 nitrogen and oxygen atoms in total. The second-order valence-electron chi connectivity index (χ2n) is 6.35. The Morgan fingerprint density at radius 2 is 2.20 bits per heavy atom. The fraction of sp³-hybridized carbons (Fsp3) is 0.471. The van der Waals surface area contributed by atoms with Crippen LogP contribution in [0.3, 0.4) is 0 Å². The fourth-order valence-corrected chi connectivity index (χ4v) is 3.92. The van der Waals surface area contributed by atoms with Crippen molar-refractivity contribution < 1.29 is 14.1 Å². The summed E-state index contributed by atoms with van der Waals surface area (Å²) in [7, 11) is 0. The molecule has 1 aliphatic heterocycles. The van der Waals surface area contributed by atoms with E-state index in [1.54, 1.807) is 11.3 Å². The minimum absolute atomic E-state index is 0.0381. The summed E-state index contributed by atoms with van der Waals surface area (Å²) in [6, 6.07) is 6.73. The second-order valence-corrected chi connectivity index (χ2v) is 7.33. The minimum atomic E-state index is -0.653. The molecule has 1 saturated heterocycles. The lowest BCUT2D eigenvalue weighted by molar-refractivity contribution is -0.402. The summed E-state index contributed by atoms with van der Waals surface area (Å²) in [4.78, 5) is 25.9. The van der Waals surface area contributed by atoms with Gasteiger partial charge in [-0.3, -0.25) is 19.8 Å². The first kappa shape index (κ1) is 17.6. The van der Waals surface area contributed by atoms with Gasteiger partial charge in [-0.1, -0.05) is 13.0 Å². The third kappa shape index (κ3) is 4.26. The summed E-state index contributed by atoms with van der Waals surface area (Å²) in [6.45, 7) is 4.73. The number of likely N-dealkylation sites (tertiary alicyclic amines) is 1. The Bertz CT molecular complexity index is 720. The summed E-state index contributed by atoms with van der Waals surface area (Å²) in [6.07, 6.45) is 2.31. The van der Waals surface area contributed by atoms with E-state index in [1.807, 2.05) is 11.4 Å².